The van der Waals surface area contributed by atoms with Gasteiger partial charge in [-0.1, -0.05) is 6.92 Å². The molecule has 0 amide bonds. The van der Waals surface area contributed by atoms with Crippen LogP contribution in [-0.2, 0) is 0 Å². The zero-order valence-corrected chi connectivity index (χ0v) is 12.3. The molecule has 1 atom stereocenters. The Bertz CT molecular complexity index is 445. The van der Waals surface area contributed by atoms with Crippen molar-refractivity contribution >= 4 is 27.5 Å². The molecule has 1 unspecified atom stereocenters. The minimum atomic E-state index is 0.118. The predicted octanol–water partition coefficient (Wildman–Crippen LogP) is 3.50. The van der Waals surface area contributed by atoms with Gasteiger partial charge >= 0.3 is 0 Å². The summed E-state index contributed by atoms with van der Waals surface area (Å²) in [5.74, 6) is 0.118. The first kappa shape index (κ1) is 13.4. The molecule has 3 N–H and O–H groups in total. The molecule has 1 aromatic rings. The van der Waals surface area contributed by atoms with Crippen molar-refractivity contribution in [2.24, 2.45) is 5.73 Å². The lowest BCUT2D eigenvalue weighted by Crippen LogP contribution is -2.39. The van der Waals surface area contributed by atoms with E-state index in [1.54, 1.807) is 0 Å². The van der Waals surface area contributed by atoms with Crippen molar-refractivity contribution in [3.63, 3.8) is 0 Å². The fourth-order valence-corrected chi connectivity index (χ4v) is 3.26. The minimum Gasteiger partial charge on any atom is -0.384 e. The number of anilines is 1. The molecule has 1 heterocycles. The molecule has 0 radical (unpaired) electrons. The van der Waals surface area contributed by atoms with Gasteiger partial charge in [0.1, 0.15) is 5.84 Å². The van der Waals surface area contributed by atoms with Crippen LogP contribution in [0.25, 0.3) is 0 Å². The van der Waals surface area contributed by atoms with Crippen LogP contribution >= 0.6 is 15.9 Å². The van der Waals surface area contributed by atoms with Gasteiger partial charge in [-0.15, -0.1) is 0 Å². The van der Waals surface area contributed by atoms with Gasteiger partial charge in [0.25, 0.3) is 0 Å². The van der Waals surface area contributed by atoms with E-state index in [2.05, 4.69) is 33.8 Å². The Hall–Kier alpha value is -1.03. The number of halogens is 1. The lowest BCUT2D eigenvalue weighted by molar-refractivity contribution is 0.449. The summed E-state index contributed by atoms with van der Waals surface area (Å²) in [6.45, 7) is 3.37. The molecule has 1 saturated heterocycles. The summed E-state index contributed by atoms with van der Waals surface area (Å²) in [5.41, 5.74) is 7.52. The standard InChI is InChI=1S/C14H20BrN3/c1-2-11-5-3-4-8-18(11)13-7-6-10(14(16)17)9-12(13)15/h6-7,9,11H,2-5,8H2,1H3,(H3,16,17). The summed E-state index contributed by atoms with van der Waals surface area (Å²) in [6, 6.07) is 6.59. The normalized spacial score (nSPS) is 19.9. The lowest BCUT2D eigenvalue weighted by atomic mass is 9.99. The van der Waals surface area contributed by atoms with Gasteiger partial charge in [-0.05, 0) is 59.8 Å². The molecule has 1 fully saturated rings. The third kappa shape index (κ3) is 2.69. The molecule has 2 rings (SSSR count). The van der Waals surface area contributed by atoms with Crippen molar-refractivity contribution in [2.75, 3.05) is 11.4 Å². The van der Waals surface area contributed by atoms with Crippen LogP contribution in [0.5, 0.6) is 0 Å². The first-order chi connectivity index (χ1) is 8.63. The van der Waals surface area contributed by atoms with Crippen LogP contribution in [0.1, 0.15) is 38.2 Å². The maximum Gasteiger partial charge on any atom is 0.122 e. The fourth-order valence-electron chi connectivity index (χ4n) is 2.65. The number of nitrogens with zero attached hydrogens (tertiary/aromatic N) is 1. The summed E-state index contributed by atoms with van der Waals surface area (Å²) >= 11 is 3.61. The highest BCUT2D eigenvalue weighted by molar-refractivity contribution is 9.10. The average Bonchev–Trinajstić information content (AvgIpc) is 2.38. The highest BCUT2D eigenvalue weighted by Gasteiger charge is 2.22. The maximum atomic E-state index is 7.47. The molecule has 1 aromatic carbocycles. The Morgan fingerprint density at radius 2 is 2.28 bits per heavy atom. The van der Waals surface area contributed by atoms with E-state index in [0.29, 0.717) is 6.04 Å². The number of nitrogens with one attached hydrogen (secondary N) is 1. The molecule has 0 saturated carbocycles. The van der Waals surface area contributed by atoms with Crippen molar-refractivity contribution in [2.45, 2.75) is 38.6 Å². The smallest absolute Gasteiger partial charge is 0.122 e. The van der Waals surface area contributed by atoms with Gasteiger partial charge < -0.3 is 10.6 Å². The Labute approximate surface area is 117 Å². The number of hydrogen-bond acceptors (Lipinski definition) is 2. The van der Waals surface area contributed by atoms with Crippen LogP contribution in [0.3, 0.4) is 0 Å². The topological polar surface area (TPSA) is 53.1 Å². The molecular formula is C14H20BrN3. The minimum absolute atomic E-state index is 0.118. The van der Waals surface area contributed by atoms with Gasteiger partial charge in [-0.3, -0.25) is 5.41 Å². The van der Waals surface area contributed by atoms with Gasteiger partial charge in [-0.2, -0.15) is 0 Å². The molecular weight excluding hydrogens is 290 g/mol. The van der Waals surface area contributed by atoms with E-state index in [-0.39, 0.29) is 5.84 Å². The molecule has 0 aliphatic carbocycles. The van der Waals surface area contributed by atoms with E-state index in [0.717, 1.165) is 16.6 Å². The van der Waals surface area contributed by atoms with Crippen LogP contribution in [0.4, 0.5) is 5.69 Å². The van der Waals surface area contributed by atoms with Gasteiger partial charge in [0, 0.05) is 22.6 Å². The predicted molar refractivity (Wildman–Crippen MR) is 80.4 cm³/mol. The summed E-state index contributed by atoms with van der Waals surface area (Å²) in [5, 5.41) is 7.47. The highest BCUT2D eigenvalue weighted by Crippen LogP contribution is 2.33. The maximum absolute atomic E-state index is 7.47. The highest BCUT2D eigenvalue weighted by atomic mass is 79.9. The number of amidine groups is 1. The van der Waals surface area contributed by atoms with Gasteiger partial charge in [0.05, 0.1) is 5.69 Å². The quantitative estimate of drug-likeness (QED) is 0.663. The lowest BCUT2D eigenvalue weighted by Gasteiger charge is -2.37. The summed E-state index contributed by atoms with van der Waals surface area (Å²) < 4.78 is 1.04. The molecule has 0 aromatic heterocycles. The van der Waals surface area contributed by atoms with Gasteiger partial charge in [0.2, 0.25) is 0 Å². The number of rotatable bonds is 3. The first-order valence-corrected chi connectivity index (χ1v) is 7.33. The van der Waals surface area contributed by atoms with Crippen LogP contribution in [0.15, 0.2) is 22.7 Å². The van der Waals surface area contributed by atoms with Crippen molar-refractivity contribution in [3.05, 3.63) is 28.2 Å². The molecule has 3 nitrogen and oxygen atoms in total. The fraction of sp³-hybridized carbons (Fsp3) is 0.500. The van der Waals surface area contributed by atoms with E-state index in [9.17, 15) is 0 Å². The Kier molecular flexibility index (Phi) is 4.27. The zero-order chi connectivity index (χ0) is 13.1. The van der Waals surface area contributed by atoms with E-state index in [1.165, 1.54) is 31.4 Å². The van der Waals surface area contributed by atoms with Crippen LogP contribution in [0, 0.1) is 5.41 Å². The van der Waals surface area contributed by atoms with Crippen molar-refractivity contribution in [3.8, 4) is 0 Å². The number of nitrogens with two attached hydrogens (primary N) is 1. The molecule has 98 valence electrons. The molecule has 1 aliphatic rings. The molecule has 0 spiro atoms. The van der Waals surface area contributed by atoms with Crippen LogP contribution < -0.4 is 10.6 Å². The number of piperidine rings is 1. The Balaban J connectivity index is 2.29. The molecule has 4 heteroatoms. The van der Waals surface area contributed by atoms with Gasteiger partial charge in [0.15, 0.2) is 0 Å². The summed E-state index contributed by atoms with van der Waals surface area (Å²) in [4.78, 5) is 2.48. The van der Waals surface area contributed by atoms with Crippen molar-refractivity contribution < 1.29 is 0 Å². The SMILES string of the molecule is CCC1CCCCN1c1ccc(C(=N)N)cc1Br. The second-order valence-electron chi connectivity index (χ2n) is 4.83. The Morgan fingerprint density at radius 3 is 2.89 bits per heavy atom. The largest absolute Gasteiger partial charge is 0.384 e. The first-order valence-electron chi connectivity index (χ1n) is 6.54. The molecule has 0 bridgehead atoms. The molecule has 1 aliphatic heterocycles. The number of nitrogen functional groups attached to an aromatic ring is 1. The van der Waals surface area contributed by atoms with E-state index >= 15 is 0 Å². The second-order valence-corrected chi connectivity index (χ2v) is 5.69. The van der Waals surface area contributed by atoms with E-state index in [4.69, 9.17) is 11.1 Å². The van der Waals surface area contributed by atoms with E-state index in [1.807, 2.05) is 12.1 Å². The molecule has 18 heavy (non-hydrogen) atoms. The zero-order valence-electron chi connectivity index (χ0n) is 10.7. The van der Waals surface area contributed by atoms with Gasteiger partial charge in [-0.25, -0.2) is 0 Å². The third-order valence-electron chi connectivity index (χ3n) is 3.67. The number of hydrogen-bond donors (Lipinski definition) is 2. The van der Waals surface area contributed by atoms with Crippen molar-refractivity contribution in [1.82, 2.24) is 0 Å². The summed E-state index contributed by atoms with van der Waals surface area (Å²) in [6.07, 6.45) is 5.05. The third-order valence-corrected chi connectivity index (χ3v) is 4.30. The summed E-state index contributed by atoms with van der Waals surface area (Å²) in [7, 11) is 0. The monoisotopic (exact) mass is 309 g/mol. The van der Waals surface area contributed by atoms with E-state index < -0.39 is 0 Å². The van der Waals surface area contributed by atoms with Crippen molar-refractivity contribution in [1.29, 1.82) is 5.41 Å². The van der Waals surface area contributed by atoms with Crippen LogP contribution in [-0.4, -0.2) is 18.4 Å². The Morgan fingerprint density at radius 1 is 1.50 bits per heavy atom. The second kappa shape index (κ2) is 5.74. The van der Waals surface area contributed by atoms with Crippen LogP contribution in [0.2, 0.25) is 0 Å². The average molecular weight is 310 g/mol. The number of benzene rings is 1.